The highest BCUT2D eigenvalue weighted by Crippen LogP contribution is 2.13. The van der Waals surface area contributed by atoms with Gasteiger partial charge in [0.25, 0.3) is 0 Å². The minimum Gasteiger partial charge on any atom is -0.376 e. The SMILES string of the molecule is CC[CH]OCCCCCCCCCCCCCCCCC. The van der Waals surface area contributed by atoms with E-state index in [0.717, 1.165) is 13.0 Å². The van der Waals surface area contributed by atoms with Crippen LogP contribution in [0, 0.1) is 6.61 Å². The van der Waals surface area contributed by atoms with Gasteiger partial charge in [0.05, 0.1) is 6.61 Å². The largest absolute Gasteiger partial charge is 0.376 e. The molecule has 0 amide bonds. The van der Waals surface area contributed by atoms with Gasteiger partial charge in [0.15, 0.2) is 0 Å². The quantitative estimate of drug-likeness (QED) is 0.239. The van der Waals surface area contributed by atoms with Gasteiger partial charge in [0.1, 0.15) is 0 Å². The van der Waals surface area contributed by atoms with Crippen molar-refractivity contribution >= 4 is 0 Å². The summed E-state index contributed by atoms with van der Waals surface area (Å²) in [6.45, 7) is 7.25. The van der Waals surface area contributed by atoms with Crippen molar-refractivity contribution in [2.45, 2.75) is 117 Å². The molecule has 127 valence electrons. The molecular formula is C20H41O. The number of hydrogen-bond donors (Lipinski definition) is 0. The molecule has 0 aliphatic rings. The lowest BCUT2D eigenvalue weighted by Gasteiger charge is -2.04. The zero-order valence-corrected chi connectivity index (χ0v) is 15.0. The summed E-state index contributed by atoms with van der Waals surface area (Å²) in [5, 5.41) is 0. The summed E-state index contributed by atoms with van der Waals surface area (Å²) in [5.74, 6) is 0. The zero-order valence-electron chi connectivity index (χ0n) is 15.0. The highest BCUT2D eigenvalue weighted by molar-refractivity contribution is 4.50. The van der Waals surface area contributed by atoms with E-state index in [9.17, 15) is 0 Å². The molecule has 0 unspecified atom stereocenters. The molecule has 0 saturated carbocycles. The molecule has 0 fully saturated rings. The molecular weight excluding hydrogens is 256 g/mol. The molecule has 0 aromatic carbocycles. The Kier molecular flexibility index (Phi) is 19.9. The smallest absolute Gasteiger partial charge is 0.0833 e. The van der Waals surface area contributed by atoms with Gasteiger partial charge in [-0.15, -0.1) is 0 Å². The Bertz CT molecular complexity index is 149. The van der Waals surface area contributed by atoms with Crippen molar-refractivity contribution in [3.63, 3.8) is 0 Å². The summed E-state index contributed by atoms with van der Waals surface area (Å²) in [6.07, 6.45) is 22.4. The van der Waals surface area contributed by atoms with Crippen molar-refractivity contribution in [2.24, 2.45) is 0 Å². The van der Waals surface area contributed by atoms with Crippen LogP contribution in [-0.2, 0) is 4.74 Å². The fraction of sp³-hybridized carbons (Fsp3) is 0.950. The second-order valence-electron chi connectivity index (χ2n) is 6.40. The minimum atomic E-state index is 0.923. The second-order valence-corrected chi connectivity index (χ2v) is 6.40. The van der Waals surface area contributed by atoms with Crippen LogP contribution in [0.2, 0.25) is 0 Å². The Labute approximate surface area is 135 Å². The first kappa shape index (κ1) is 21.0. The first-order chi connectivity index (χ1) is 10.4. The van der Waals surface area contributed by atoms with Crippen molar-refractivity contribution in [3.8, 4) is 0 Å². The number of rotatable bonds is 18. The molecule has 0 N–H and O–H groups in total. The van der Waals surface area contributed by atoms with Crippen LogP contribution in [0.5, 0.6) is 0 Å². The Hall–Kier alpha value is -0.0400. The predicted molar refractivity (Wildman–Crippen MR) is 95.5 cm³/mol. The van der Waals surface area contributed by atoms with Crippen molar-refractivity contribution < 1.29 is 4.74 Å². The van der Waals surface area contributed by atoms with Gasteiger partial charge in [-0.25, -0.2) is 0 Å². The van der Waals surface area contributed by atoms with Crippen LogP contribution in [-0.4, -0.2) is 6.61 Å². The van der Waals surface area contributed by atoms with Crippen LogP contribution >= 0.6 is 0 Å². The first-order valence-electron chi connectivity index (χ1n) is 9.85. The predicted octanol–water partition coefficient (Wildman–Crippen LogP) is 7.45. The maximum absolute atomic E-state index is 5.37. The lowest BCUT2D eigenvalue weighted by atomic mass is 10.0. The van der Waals surface area contributed by atoms with E-state index < -0.39 is 0 Å². The Morgan fingerprint density at radius 2 is 0.905 bits per heavy atom. The van der Waals surface area contributed by atoms with Gasteiger partial charge in [-0.2, -0.15) is 0 Å². The molecule has 0 saturated heterocycles. The lowest BCUT2D eigenvalue weighted by molar-refractivity contribution is 0.188. The van der Waals surface area contributed by atoms with Crippen LogP contribution in [0.1, 0.15) is 117 Å². The summed E-state index contributed by atoms with van der Waals surface area (Å²) in [5.41, 5.74) is 0. The highest BCUT2D eigenvalue weighted by atomic mass is 16.5. The number of hydrogen-bond acceptors (Lipinski definition) is 1. The maximum Gasteiger partial charge on any atom is 0.0833 e. The molecule has 0 spiro atoms. The Morgan fingerprint density at radius 3 is 1.29 bits per heavy atom. The van der Waals surface area contributed by atoms with E-state index >= 15 is 0 Å². The molecule has 0 aromatic rings. The molecule has 0 aromatic heterocycles. The van der Waals surface area contributed by atoms with E-state index in [1.165, 1.54) is 96.3 Å². The standard InChI is InChI=1S/C20H41O/c1-3-5-6-7-8-9-10-11-12-13-14-15-16-17-18-20-21-19-4-2/h19H,3-18,20H2,1-2H3. The highest BCUT2D eigenvalue weighted by Gasteiger charge is 1.94. The van der Waals surface area contributed by atoms with Gasteiger partial charge in [-0.1, -0.05) is 104 Å². The maximum atomic E-state index is 5.37. The van der Waals surface area contributed by atoms with Crippen molar-refractivity contribution in [1.82, 2.24) is 0 Å². The summed E-state index contributed by atoms with van der Waals surface area (Å²) < 4.78 is 5.37. The Balaban J connectivity index is 2.90. The third kappa shape index (κ3) is 20.0. The van der Waals surface area contributed by atoms with E-state index in [1.54, 1.807) is 0 Å². The van der Waals surface area contributed by atoms with Crippen molar-refractivity contribution in [2.75, 3.05) is 6.61 Å². The normalized spacial score (nSPS) is 11.1. The van der Waals surface area contributed by atoms with Crippen LogP contribution < -0.4 is 0 Å². The van der Waals surface area contributed by atoms with Crippen LogP contribution in [0.3, 0.4) is 0 Å². The minimum absolute atomic E-state index is 0.923. The van der Waals surface area contributed by atoms with E-state index in [4.69, 9.17) is 4.74 Å². The van der Waals surface area contributed by atoms with Crippen molar-refractivity contribution in [3.05, 3.63) is 6.61 Å². The first-order valence-corrected chi connectivity index (χ1v) is 9.85. The molecule has 0 aliphatic heterocycles. The summed E-state index contributed by atoms with van der Waals surface area (Å²) in [7, 11) is 0. The lowest BCUT2D eigenvalue weighted by Crippen LogP contribution is -1.91. The molecule has 1 nitrogen and oxygen atoms in total. The van der Waals surface area contributed by atoms with E-state index in [-0.39, 0.29) is 0 Å². The average Bonchev–Trinajstić information content (AvgIpc) is 2.50. The van der Waals surface area contributed by atoms with E-state index in [0.29, 0.717) is 0 Å². The molecule has 0 rings (SSSR count). The summed E-state index contributed by atoms with van der Waals surface area (Å²) >= 11 is 0. The summed E-state index contributed by atoms with van der Waals surface area (Å²) in [4.78, 5) is 0. The molecule has 0 heterocycles. The second kappa shape index (κ2) is 20.0. The fourth-order valence-corrected chi connectivity index (χ4v) is 2.76. The topological polar surface area (TPSA) is 9.23 Å². The van der Waals surface area contributed by atoms with Crippen LogP contribution in [0.15, 0.2) is 0 Å². The van der Waals surface area contributed by atoms with Crippen molar-refractivity contribution in [1.29, 1.82) is 0 Å². The van der Waals surface area contributed by atoms with Gasteiger partial charge in [-0.3, -0.25) is 0 Å². The molecule has 1 radical (unpaired) electrons. The molecule has 0 aliphatic carbocycles. The van der Waals surface area contributed by atoms with Gasteiger partial charge in [-0.05, 0) is 12.8 Å². The monoisotopic (exact) mass is 297 g/mol. The molecule has 21 heavy (non-hydrogen) atoms. The number of unbranched alkanes of at least 4 members (excludes halogenated alkanes) is 14. The molecule has 0 atom stereocenters. The van der Waals surface area contributed by atoms with E-state index in [2.05, 4.69) is 13.8 Å². The third-order valence-corrected chi connectivity index (χ3v) is 4.15. The van der Waals surface area contributed by atoms with Gasteiger partial charge in [0, 0.05) is 6.61 Å². The van der Waals surface area contributed by atoms with Gasteiger partial charge in [0.2, 0.25) is 0 Å². The molecule has 1 heteroatoms. The molecule has 0 bridgehead atoms. The van der Waals surface area contributed by atoms with E-state index in [1.807, 2.05) is 6.61 Å². The zero-order chi connectivity index (χ0) is 15.4. The van der Waals surface area contributed by atoms with Crippen LogP contribution in [0.25, 0.3) is 0 Å². The van der Waals surface area contributed by atoms with Gasteiger partial charge >= 0.3 is 0 Å². The number of ether oxygens (including phenoxy) is 1. The van der Waals surface area contributed by atoms with Crippen LogP contribution in [0.4, 0.5) is 0 Å². The average molecular weight is 298 g/mol. The Morgan fingerprint density at radius 1 is 0.524 bits per heavy atom. The third-order valence-electron chi connectivity index (χ3n) is 4.15. The fourth-order valence-electron chi connectivity index (χ4n) is 2.76. The summed E-state index contributed by atoms with van der Waals surface area (Å²) in [6, 6.07) is 0. The van der Waals surface area contributed by atoms with Gasteiger partial charge < -0.3 is 4.74 Å².